The minimum absolute atomic E-state index is 0.234. The number of aryl methyl sites for hydroxylation is 1. The zero-order valence-electron chi connectivity index (χ0n) is 13.2. The first-order chi connectivity index (χ1) is 10.8. The number of aliphatic hydroxyl groups excluding tert-OH is 1. The van der Waals surface area contributed by atoms with Crippen molar-refractivity contribution in [1.82, 2.24) is 9.88 Å². The zero-order valence-corrected chi connectivity index (χ0v) is 13.2. The Morgan fingerprint density at radius 1 is 1.09 bits per heavy atom. The molecule has 0 radical (unpaired) electrons. The van der Waals surface area contributed by atoms with Crippen LogP contribution in [0.1, 0.15) is 23.6 Å². The molecule has 0 spiro atoms. The molecule has 1 fully saturated rings. The predicted octanol–water partition coefficient (Wildman–Crippen LogP) is 2.68. The van der Waals surface area contributed by atoms with Gasteiger partial charge in [-0.1, -0.05) is 31.2 Å². The molecule has 1 saturated heterocycles. The SMILES string of the molecule is CCc1ccccc1CN1C[C@@H](Cc2ccncc2)[C@H](O)C1. The number of likely N-dealkylation sites (tertiary alicyclic amines) is 1. The summed E-state index contributed by atoms with van der Waals surface area (Å²) in [6.45, 7) is 4.87. The highest BCUT2D eigenvalue weighted by molar-refractivity contribution is 5.27. The van der Waals surface area contributed by atoms with Crippen molar-refractivity contribution < 1.29 is 5.11 Å². The number of hydrogen-bond acceptors (Lipinski definition) is 3. The summed E-state index contributed by atoms with van der Waals surface area (Å²) in [5, 5.41) is 10.4. The van der Waals surface area contributed by atoms with Gasteiger partial charge in [0.25, 0.3) is 0 Å². The molecule has 1 aromatic heterocycles. The largest absolute Gasteiger partial charge is 0.391 e. The van der Waals surface area contributed by atoms with Gasteiger partial charge in [-0.15, -0.1) is 0 Å². The Bertz CT molecular complexity index is 599. The van der Waals surface area contributed by atoms with E-state index in [0.29, 0.717) is 5.92 Å². The van der Waals surface area contributed by atoms with Crippen LogP contribution in [0.2, 0.25) is 0 Å². The summed E-state index contributed by atoms with van der Waals surface area (Å²) in [5.74, 6) is 0.316. The van der Waals surface area contributed by atoms with E-state index in [4.69, 9.17) is 0 Å². The highest BCUT2D eigenvalue weighted by Crippen LogP contribution is 2.24. The van der Waals surface area contributed by atoms with Crippen molar-refractivity contribution in [3.05, 3.63) is 65.5 Å². The topological polar surface area (TPSA) is 36.4 Å². The standard InChI is InChI=1S/C19H24N2O/c1-2-16-5-3-4-6-17(16)12-21-13-18(19(22)14-21)11-15-7-9-20-10-8-15/h3-10,18-19,22H,2,11-14H2,1H3/t18-,19-/m1/s1. The summed E-state index contributed by atoms with van der Waals surface area (Å²) in [6.07, 6.45) is 5.41. The van der Waals surface area contributed by atoms with Crippen molar-refractivity contribution in [2.24, 2.45) is 5.92 Å². The lowest BCUT2D eigenvalue weighted by molar-refractivity contribution is 0.141. The molecule has 0 aliphatic carbocycles. The van der Waals surface area contributed by atoms with E-state index >= 15 is 0 Å². The molecular weight excluding hydrogens is 272 g/mol. The summed E-state index contributed by atoms with van der Waals surface area (Å²) in [5.41, 5.74) is 4.06. The van der Waals surface area contributed by atoms with Crippen molar-refractivity contribution >= 4 is 0 Å². The summed E-state index contributed by atoms with van der Waals surface area (Å²) < 4.78 is 0. The van der Waals surface area contributed by atoms with Gasteiger partial charge in [-0.2, -0.15) is 0 Å². The Morgan fingerprint density at radius 2 is 1.82 bits per heavy atom. The van der Waals surface area contributed by atoms with Gasteiger partial charge in [0, 0.05) is 37.9 Å². The van der Waals surface area contributed by atoms with Crippen molar-refractivity contribution in [3.8, 4) is 0 Å². The number of aromatic nitrogens is 1. The molecule has 1 aliphatic rings. The average Bonchev–Trinajstić information content (AvgIpc) is 2.88. The van der Waals surface area contributed by atoms with Crippen molar-refractivity contribution in [3.63, 3.8) is 0 Å². The number of hydrogen-bond donors (Lipinski definition) is 1. The van der Waals surface area contributed by atoms with Gasteiger partial charge in [-0.05, 0) is 41.7 Å². The fourth-order valence-corrected chi connectivity index (χ4v) is 3.39. The second-order valence-electron chi connectivity index (χ2n) is 6.20. The molecule has 116 valence electrons. The Labute approximate surface area is 132 Å². The van der Waals surface area contributed by atoms with E-state index in [1.807, 2.05) is 24.5 Å². The van der Waals surface area contributed by atoms with Crippen LogP contribution in [-0.2, 0) is 19.4 Å². The first-order valence-corrected chi connectivity index (χ1v) is 8.12. The van der Waals surface area contributed by atoms with Gasteiger partial charge < -0.3 is 5.11 Å². The molecule has 1 aliphatic heterocycles. The molecule has 0 amide bonds. The van der Waals surface area contributed by atoms with Gasteiger partial charge in [0.1, 0.15) is 0 Å². The molecule has 3 nitrogen and oxygen atoms in total. The molecule has 0 bridgehead atoms. The number of nitrogens with zero attached hydrogens (tertiary/aromatic N) is 2. The van der Waals surface area contributed by atoms with Crippen LogP contribution in [0.15, 0.2) is 48.8 Å². The van der Waals surface area contributed by atoms with Crippen LogP contribution in [0.5, 0.6) is 0 Å². The van der Waals surface area contributed by atoms with E-state index in [-0.39, 0.29) is 6.10 Å². The van der Waals surface area contributed by atoms with Crippen LogP contribution >= 0.6 is 0 Å². The maximum Gasteiger partial charge on any atom is 0.0710 e. The van der Waals surface area contributed by atoms with Gasteiger partial charge in [0.05, 0.1) is 6.10 Å². The van der Waals surface area contributed by atoms with Crippen LogP contribution in [0.4, 0.5) is 0 Å². The van der Waals surface area contributed by atoms with Crippen molar-refractivity contribution in [2.45, 2.75) is 32.4 Å². The highest BCUT2D eigenvalue weighted by Gasteiger charge is 2.31. The molecule has 2 atom stereocenters. The third-order valence-corrected chi connectivity index (χ3v) is 4.62. The lowest BCUT2D eigenvalue weighted by Crippen LogP contribution is -2.22. The van der Waals surface area contributed by atoms with E-state index in [1.54, 1.807) is 0 Å². The van der Waals surface area contributed by atoms with Gasteiger partial charge >= 0.3 is 0 Å². The van der Waals surface area contributed by atoms with Crippen molar-refractivity contribution in [1.29, 1.82) is 0 Å². The minimum Gasteiger partial charge on any atom is -0.391 e. The third kappa shape index (κ3) is 3.54. The fraction of sp³-hybridized carbons (Fsp3) is 0.421. The first kappa shape index (κ1) is 15.2. The third-order valence-electron chi connectivity index (χ3n) is 4.62. The first-order valence-electron chi connectivity index (χ1n) is 8.12. The van der Waals surface area contributed by atoms with Gasteiger partial charge in [-0.3, -0.25) is 9.88 Å². The molecule has 2 aromatic rings. The maximum absolute atomic E-state index is 10.4. The summed E-state index contributed by atoms with van der Waals surface area (Å²) in [4.78, 5) is 6.44. The molecule has 22 heavy (non-hydrogen) atoms. The Hall–Kier alpha value is -1.71. The second kappa shape index (κ2) is 7.03. The minimum atomic E-state index is -0.234. The maximum atomic E-state index is 10.4. The summed E-state index contributed by atoms with van der Waals surface area (Å²) >= 11 is 0. The molecule has 0 saturated carbocycles. The second-order valence-corrected chi connectivity index (χ2v) is 6.20. The molecule has 3 heteroatoms. The van der Waals surface area contributed by atoms with E-state index in [2.05, 4.69) is 41.1 Å². The monoisotopic (exact) mass is 296 g/mol. The van der Waals surface area contributed by atoms with E-state index < -0.39 is 0 Å². The summed E-state index contributed by atoms with van der Waals surface area (Å²) in [6, 6.07) is 12.7. The van der Waals surface area contributed by atoms with Crippen LogP contribution in [0.25, 0.3) is 0 Å². The van der Waals surface area contributed by atoms with Crippen LogP contribution in [0.3, 0.4) is 0 Å². The summed E-state index contributed by atoms with van der Waals surface area (Å²) in [7, 11) is 0. The fourth-order valence-electron chi connectivity index (χ4n) is 3.39. The number of benzene rings is 1. The Kier molecular flexibility index (Phi) is 4.86. The van der Waals surface area contributed by atoms with E-state index in [9.17, 15) is 5.11 Å². The van der Waals surface area contributed by atoms with E-state index in [0.717, 1.165) is 32.5 Å². The van der Waals surface area contributed by atoms with Gasteiger partial charge in [0.2, 0.25) is 0 Å². The zero-order chi connectivity index (χ0) is 15.4. The van der Waals surface area contributed by atoms with Crippen LogP contribution < -0.4 is 0 Å². The number of β-amino-alcohol motifs (C(OH)–C–C–N with tert-alkyl or cyclic N) is 1. The smallest absolute Gasteiger partial charge is 0.0710 e. The van der Waals surface area contributed by atoms with Gasteiger partial charge in [0.15, 0.2) is 0 Å². The normalized spacial score (nSPS) is 22.1. The predicted molar refractivity (Wildman–Crippen MR) is 88.5 cm³/mol. The molecule has 2 heterocycles. The lowest BCUT2D eigenvalue weighted by Gasteiger charge is -2.17. The molecule has 3 rings (SSSR count). The van der Waals surface area contributed by atoms with Crippen LogP contribution in [0, 0.1) is 5.92 Å². The number of rotatable bonds is 5. The average molecular weight is 296 g/mol. The molecule has 0 unspecified atom stereocenters. The molecular formula is C19H24N2O. The van der Waals surface area contributed by atoms with Crippen LogP contribution in [-0.4, -0.2) is 34.2 Å². The highest BCUT2D eigenvalue weighted by atomic mass is 16.3. The Balaban J connectivity index is 1.63. The quantitative estimate of drug-likeness (QED) is 0.921. The van der Waals surface area contributed by atoms with Crippen molar-refractivity contribution in [2.75, 3.05) is 13.1 Å². The molecule has 1 aromatic carbocycles. The molecule has 1 N–H and O–H groups in total. The Morgan fingerprint density at radius 3 is 2.55 bits per heavy atom. The van der Waals surface area contributed by atoms with Gasteiger partial charge in [-0.25, -0.2) is 0 Å². The number of pyridine rings is 1. The number of aliphatic hydroxyl groups is 1. The van der Waals surface area contributed by atoms with E-state index in [1.165, 1.54) is 16.7 Å². The lowest BCUT2D eigenvalue weighted by atomic mass is 9.97.